The van der Waals surface area contributed by atoms with Gasteiger partial charge in [-0.2, -0.15) is 0 Å². The van der Waals surface area contributed by atoms with Gasteiger partial charge in [0.25, 0.3) is 0 Å². The molecule has 5 heteroatoms. The Hall–Kier alpha value is -1.88. The summed E-state index contributed by atoms with van der Waals surface area (Å²) >= 11 is 0. The first-order chi connectivity index (χ1) is 10.9. The maximum absolute atomic E-state index is 11.8. The molecule has 1 N–H and O–H groups in total. The Kier molecular flexibility index (Phi) is 5.77. The van der Waals surface area contributed by atoms with E-state index in [0.29, 0.717) is 25.0 Å². The average Bonchev–Trinajstić information content (AvgIpc) is 2.53. The van der Waals surface area contributed by atoms with Crippen LogP contribution in [0, 0.1) is 0 Å². The van der Waals surface area contributed by atoms with Crippen LogP contribution in [-0.2, 0) is 9.59 Å². The van der Waals surface area contributed by atoms with Gasteiger partial charge in [-0.15, -0.1) is 0 Å². The van der Waals surface area contributed by atoms with Crippen molar-refractivity contribution in [2.75, 3.05) is 26.2 Å². The second-order valence-corrected chi connectivity index (χ2v) is 6.63. The summed E-state index contributed by atoms with van der Waals surface area (Å²) in [6.45, 7) is 9.47. The van der Waals surface area contributed by atoms with Crippen LogP contribution in [0.5, 0.6) is 0 Å². The maximum atomic E-state index is 11.8. The second-order valence-electron chi connectivity index (χ2n) is 6.63. The van der Waals surface area contributed by atoms with E-state index in [-0.39, 0.29) is 5.91 Å². The molecule has 2 rings (SSSR count). The summed E-state index contributed by atoms with van der Waals surface area (Å²) in [7, 11) is 0. The lowest BCUT2D eigenvalue weighted by molar-refractivity contribution is -0.933. The van der Waals surface area contributed by atoms with Crippen LogP contribution in [0.1, 0.15) is 50.3 Å². The zero-order valence-electron chi connectivity index (χ0n) is 14.2. The lowest BCUT2D eigenvalue weighted by Crippen LogP contribution is -3.14. The average molecular weight is 318 g/mol. The first-order valence-electron chi connectivity index (χ1n) is 8.30. The molecule has 1 amide bonds. The number of piperazine rings is 1. The molecule has 1 aromatic rings. The third-order valence-corrected chi connectivity index (χ3v) is 4.77. The highest BCUT2D eigenvalue weighted by Gasteiger charge is 2.27. The number of rotatable bonds is 5. The topological polar surface area (TPSA) is 64.9 Å². The number of carboxylic acids is 1. The van der Waals surface area contributed by atoms with Crippen LogP contribution >= 0.6 is 0 Å². The number of carboxylic acid groups (broad SMARTS) is 1. The first-order valence-corrected chi connectivity index (χ1v) is 8.30. The van der Waals surface area contributed by atoms with Gasteiger partial charge in [0.05, 0.1) is 38.6 Å². The Labute approximate surface area is 137 Å². The highest BCUT2D eigenvalue weighted by Crippen LogP contribution is 2.17. The molecule has 5 nitrogen and oxygen atoms in total. The molecule has 126 valence electrons. The molecule has 0 bridgehead atoms. The summed E-state index contributed by atoms with van der Waals surface area (Å²) in [5.74, 6) is -1.11. The van der Waals surface area contributed by atoms with Crippen molar-refractivity contribution in [2.45, 2.75) is 39.2 Å². The maximum Gasteiger partial charge on any atom is 0.228 e. The summed E-state index contributed by atoms with van der Waals surface area (Å²) in [5.41, 5.74) is 2.65. The summed E-state index contributed by atoms with van der Waals surface area (Å²) in [5, 5.41) is 10.5. The van der Waals surface area contributed by atoms with E-state index in [1.807, 2.05) is 0 Å². The Bertz CT molecular complexity index is 546. The van der Waals surface area contributed by atoms with Gasteiger partial charge >= 0.3 is 0 Å². The molecule has 1 atom stereocenters. The van der Waals surface area contributed by atoms with Crippen LogP contribution in [-0.4, -0.2) is 43.0 Å². The monoisotopic (exact) mass is 318 g/mol. The number of hydrogen-bond acceptors (Lipinski definition) is 3. The van der Waals surface area contributed by atoms with Gasteiger partial charge in [0.1, 0.15) is 6.04 Å². The van der Waals surface area contributed by atoms with E-state index in [2.05, 4.69) is 45.0 Å². The molecule has 23 heavy (non-hydrogen) atoms. The zero-order chi connectivity index (χ0) is 17.0. The van der Waals surface area contributed by atoms with Crippen LogP contribution in [0.4, 0.5) is 0 Å². The van der Waals surface area contributed by atoms with Crippen molar-refractivity contribution in [3.05, 3.63) is 35.4 Å². The predicted octanol–water partition coefficient (Wildman–Crippen LogP) is -0.262. The van der Waals surface area contributed by atoms with E-state index >= 15 is 0 Å². The van der Waals surface area contributed by atoms with Crippen LogP contribution in [0.25, 0.3) is 0 Å². The predicted molar refractivity (Wildman–Crippen MR) is 85.8 cm³/mol. The van der Waals surface area contributed by atoms with E-state index in [1.165, 1.54) is 16.0 Å². The van der Waals surface area contributed by atoms with Gasteiger partial charge in [-0.3, -0.25) is 4.79 Å². The Morgan fingerprint density at radius 2 is 1.61 bits per heavy atom. The molecule has 1 aliphatic rings. The van der Waals surface area contributed by atoms with E-state index in [0.717, 1.165) is 13.1 Å². The normalized spacial score (nSPS) is 17.3. The number of carbonyl (C=O) groups is 2. The quantitative estimate of drug-likeness (QED) is 0.761. The van der Waals surface area contributed by atoms with Crippen LogP contribution in [0.15, 0.2) is 24.3 Å². The minimum atomic E-state index is -1.30. The molecule has 1 saturated heterocycles. The summed E-state index contributed by atoms with van der Waals surface area (Å²) < 4.78 is 0. The minimum Gasteiger partial charge on any atom is -0.550 e. The molecular weight excluding hydrogens is 292 g/mol. The Morgan fingerprint density at radius 1 is 1.09 bits per heavy atom. The number of amides is 1. The Balaban J connectivity index is 1.91. The van der Waals surface area contributed by atoms with E-state index in [9.17, 15) is 14.7 Å². The van der Waals surface area contributed by atoms with E-state index < -0.39 is 12.4 Å². The number of nitrogens with one attached hydrogen (secondary N) is 1. The lowest BCUT2D eigenvalue weighted by atomic mass is 9.99. The highest BCUT2D eigenvalue weighted by molar-refractivity contribution is 5.92. The molecular formula is C18H26N2O3. The van der Waals surface area contributed by atoms with Crippen LogP contribution in [0.3, 0.4) is 0 Å². The van der Waals surface area contributed by atoms with Gasteiger partial charge in [0, 0.05) is 5.56 Å². The number of quaternary nitrogens is 1. The fourth-order valence-electron chi connectivity index (χ4n) is 3.12. The van der Waals surface area contributed by atoms with Crippen molar-refractivity contribution in [1.82, 2.24) is 4.90 Å². The van der Waals surface area contributed by atoms with Crippen molar-refractivity contribution in [3.63, 3.8) is 0 Å². The zero-order valence-corrected chi connectivity index (χ0v) is 14.2. The van der Waals surface area contributed by atoms with Crippen LogP contribution in [0.2, 0.25) is 0 Å². The van der Waals surface area contributed by atoms with Gasteiger partial charge in [0.2, 0.25) is 5.91 Å². The smallest absolute Gasteiger partial charge is 0.228 e. The fourth-order valence-corrected chi connectivity index (χ4v) is 3.12. The summed E-state index contributed by atoms with van der Waals surface area (Å²) in [4.78, 5) is 25.3. The van der Waals surface area contributed by atoms with Crippen molar-refractivity contribution in [3.8, 4) is 0 Å². The third kappa shape index (κ3) is 4.55. The second kappa shape index (κ2) is 7.59. The van der Waals surface area contributed by atoms with E-state index in [4.69, 9.17) is 0 Å². The third-order valence-electron chi connectivity index (χ3n) is 4.77. The number of nitrogens with zero attached hydrogens (tertiary/aromatic N) is 1. The standard InChI is InChI=1S/C18H26N2O3/c1-13(2)15-4-6-16(7-5-15)14(3)19-8-10-20(11-9-19)17(21)12-18(22)23/h4-7,13-14H,8-12H2,1-3H3,(H,22,23)/t14-/m0/s1. The molecule has 1 fully saturated rings. The Morgan fingerprint density at radius 3 is 2.09 bits per heavy atom. The van der Waals surface area contributed by atoms with Gasteiger partial charge < -0.3 is 19.7 Å². The minimum absolute atomic E-state index is 0.335. The SMILES string of the molecule is CC(C)c1ccc([C@H](C)[NH+]2CCN(C(=O)CC(=O)[O-])CC2)cc1. The molecule has 1 aliphatic heterocycles. The number of benzene rings is 1. The number of aliphatic carboxylic acids is 1. The highest BCUT2D eigenvalue weighted by atomic mass is 16.4. The van der Waals surface area contributed by atoms with Gasteiger partial charge in [-0.05, 0) is 18.4 Å². The van der Waals surface area contributed by atoms with Crippen LogP contribution < -0.4 is 10.0 Å². The molecule has 0 aromatic heterocycles. The molecule has 0 saturated carbocycles. The molecule has 0 unspecified atom stereocenters. The number of hydrogen-bond donors (Lipinski definition) is 1. The van der Waals surface area contributed by atoms with Crippen molar-refractivity contribution >= 4 is 11.9 Å². The van der Waals surface area contributed by atoms with Crippen molar-refractivity contribution in [1.29, 1.82) is 0 Å². The van der Waals surface area contributed by atoms with E-state index in [1.54, 1.807) is 4.90 Å². The van der Waals surface area contributed by atoms with Crippen molar-refractivity contribution < 1.29 is 19.6 Å². The molecule has 0 aliphatic carbocycles. The molecule has 1 heterocycles. The van der Waals surface area contributed by atoms with Gasteiger partial charge in [0.15, 0.2) is 0 Å². The molecule has 0 radical (unpaired) electrons. The van der Waals surface area contributed by atoms with Gasteiger partial charge in [-0.1, -0.05) is 38.1 Å². The van der Waals surface area contributed by atoms with Crippen molar-refractivity contribution in [2.24, 2.45) is 0 Å². The lowest BCUT2D eigenvalue weighted by Gasteiger charge is -2.35. The largest absolute Gasteiger partial charge is 0.550 e. The first kappa shape index (κ1) is 17.5. The molecule has 1 aromatic carbocycles. The van der Waals surface area contributed by atoms with Gasteiger partial charge in [-0.25, -0.2) is 0 Å². The molecule has 0 spiro atoms. The summed E-state index contributed by atoms with van der Waals surface area (Å²) in [6, 6.07) is 9.14. The fraction of sp³-hybridized carbons (Fsp3) is 0.556. The summed E-state index contributed by atoms with van der Waals surface area (Å²) in [6.07, 6.45) is -0.512. The number of carbonyl (C=O) groups excluding carboxylic acids is 2.